The fourth-order valence-electron chi connectivity index (χ4n) is 2.87. The summed E-state index contributed by atoms with van der Waals surface area (Å²) in [5.74, 6) is -2.45. The predicted octanol–water partition coefficient (Wildman–Crippen LogP) is 3.29. The van der Waals surface area contributed by atoms with Gasteiger partial charge in [-0.3, -0.25) is 9.69 Å². The molecule has 0 aromatic heterocycles. The van der Waals surface area contributed by atoms with Gasteiger partial charge in [0.2, 0.25) is 0 Å². The Balaban J connectivity index is 2.08. The van der Waals surface area contributed by atoms with Gasteiger partial charge in [0.15, 0.2) is 11.6 Å². The second-order valence-electron chi connectivity index (χ2n) is 6.31. The Morgan fingerprint density at radius 2 is 2.14 bits per heavy atom. The van der Waals surface area contributed by atoms with Crippen LogP contribution in [0, 0.1) is 23.0 Å². The first kappa shape index (κ1) is 15.9. The number of carboxylic acid groups (broad SMARTS) is 1. The Morgan fingerprint density at radius 1 is 1.43 bits per heavy atom. The van der Waals surface area contributed by atoms with Crippen molar-refractivity contribution in [2.45, 2.75) is 33.2 Å². The molecular formula is C16H21F2NO2. The summed E-state index contributed by atoms with van der Waals surface area (Å²) in [7, 11) is 0. The van der Waals surface area contributed by atoms with Crippen LogP contribution in [0.25, 0.3) is 0 Å². The summed E-state index contributed by atoms with van der Waals surface area (Å²) in [6.07, 6.45) is 1.72. The zero-order valence-corrected chi connectivity index (χ0v) is 12.4. The van der Waals surface area contributed by atoms with Gasteiger partial charge in [0.1, 0.15) is 0 Å². The lowest BCUT2D eigenvalue weighted by molar-refractivity contribution is -0.151. The third-order valence-electron chi connectivity index (χ3n) is 4.50. The van der Waals surface area contributed by atoms with Crippen molar-refractivity contribution in [1.82, 2.24) is 4.90 Å². The van der Waals surface area contributed by atoms with E-state index < -0.39 is 23.0 Å². The Hall–Kier alpha value is -1.49. The Labute approximate surface area is 123 Å². The summed E-state index contributed by atoms with van der Waals surface area (Å²) in [6, 6.07) is 4.17. The van der Waals surface area contributed by atoms with Crippen molar-refractivity contribution in [2.75, 3.05) is 13.1 Å². The molecule has 1 saturated heterocycles. The molecule has 5 heteroatoms. The fraction of sp³-hybridized carbons (Fsp3) is 0.562. The van der Waals surface area contributed by atoms with Gasteiger partial charge < -0.3 is 5.11 Å². The van der Waals surface area contributed by atoms with Gasteiger partial charge in [0.25, 0.3) is 0 Å². The molecule has 1 atom stereocenters. The highest BCUT2D eigenvalue weighted by Gasteiger charge is 2.39. The monoisotopic (exact) mass is 297 g/mol. The Bertz CT molecular complexity index is 531. The van der Waals surface area contributed by atoms with Gasteiger partial charge >= 0.3 is 5.97 Å². The van der Waals surface area contributed by atoms with Crippen LogP contribution in [-0.4, -0.2) is 29.1 Å². The first-order valence-corrected chi connectivity index (χ1v) is 7.21. The molecular weight excluding hydrogens is 276 g/mol. The number of hydrogen-bond donors (Lipinski definition) is 1. The van der Waals surface area contributed by atoms with Gasteiger partial charge in [-0.15, -0.1) is 0 Å². The number of piperidine rings is 1. The molecule has 1 aliphatic rings. The molecule has 0 saturated carbocycles. The van der Waals surface area contributed by atoms with Crippen LogP contribution in [0.5, 0.6) is 0 Å². The lowest BCUT2D eigenvalue weighted by Crippen LogP contribution is -2.44. The zero-order valence-electron chi connectivity index (χ0n) is 12.4. The Kier molecular flexibility index (Phi) is 4.61. The van der Waals surface area contributed by atoms with Crippen LogP contribution in [0.15, 0.2) is 18.2 Å². The predicted molar refractivity (Wildman–Crippen MR) is 75.8 cm³/mol. The quantitative estimate of drug-likeness (QED) is 0.927. The zero-order chi connectivity index (χ0) is 15.6. The van der Waals surface area contributed by atoms with E-state index in [4.69, 9.17) is 0 Å². The van der Waals surface area contributed by atoms with E-state index in [1.165, 1.54) is 6.07 Å². The van der Waals surface area contributed by atoms with E-state index >= 15 is 0 Å². The highest BCUT2D eigenvalue weighted by atomic mass is 19.2. The molecule has 1 heterocycles. The second kappa shape index (κ2) is 6.10. The van der Waals surface area contributed by atoms with Crippen molar-refractivity contribution < 1.29 is 18.7 Å². The highest BCUT2D eigenvalue weighted by Crippen LogP contribution is 2.34. The number of hydrogen-bond acceptors (Lipinski definition) is 2. The van der Waals surface area contributed by atoms with Crippen molar-refractivity contribution in [2.24, 2.45) is 11.3 Å². The number of halogens is 2. The molecule has 1 fully saturated rings. The van der Waals surface area contributed by atoms with Crippen LogP contribution >= 0.6 is 0 Å². The average molecular weight is 297 g/mol. The number of carboxylic acids is 1. The van der Waals surface area contributed by atoms with Crippen molar-refractivity contribution in [3.63, 3.8) is 0 Å². The molecule has 0 spiro atoms. The van der Waals surface area contributed by atoms with E-state index in [9.17, 15) is 18.7 Å². The molecule has 0 radical (unpaired) electrons. The molecule has 1 aromatic rings. The van der Waals surface area contributed by atoms with Crippen molar-refractivity contribution in [1.29, 1.82) is 0 Å². The number of benzene rings is 1. The molecule has 0 bridgehead atoms. The Morgan fingerprint density at radius 3 is 2.81 bits per heavy atom. The van der Waals surface area contributed by atoms with Gasteiger partial charge in [-0.2, -0.15) is 0 Å². The first-order chi connectivity index (χ1) is 9.82. The summed E-state index contributed by atoms with van der Waals surface area (Å²) in [4.78, 5) is 13.4. The summed E-state index contributed by atoms with van der Waals surface area (Å²) in [5.41, 5.74) is -0.483. The number of aliphatic carboxylic acids is 1. The number of nitrogens with zero attached hydrogens (tertiary/aromatic N) is 1. The molecule has 2 rings (SSSR count). The summed E-state index contributed by atoms with van der Waals surface area (Å²) in [5, 5.41) is 9.32. The van der Waals surface area contributed by atoms with E-state index in [1.807, 2.05) is 4.90 Å². The summed E-state index contributed by atoms with van der Waals surface area (Å²) in [6.45, 7) is 5.14. The van der Waals surface area contributed by atoms with Crippen LogP contribution in [0.4, 0.5) is 8.78 Å². The third-order valence-corrected chi connectivity index (χ3v) is 4.50. The fourth-order valence-corrected chi connectivity index (χ4v) is 2.87. The van der Waals surface area contributed by atoms with Crippen LogP contribution < -0.4 is 0 Å². The van der Waals surface area contributed by atoms with Crippen molar-refractivity contribution in [3.05, 3.63) is 35.4 Å². The number of likely N-dealkylation sites (tertiary alicyclic amines) is 1. The van der Waals surface area contributed by atoms with Gasteiger partial charge in [-0.05, 0) is 45.2 Å². The lowest BCUT2D eigenvalue weighted by atomic mass is 9.74. The second-order valence-corrected chi connectivity index (χ2v) is 6.31. The molecule has 1 aliphatic heterocycles. The summed E-state index contributed by atoms with van der Waals surface area (Å²) < 4.78 is 27.0. The van der Waals surface area contributed by atoms with E-state index in [0.717, 1.165) is 25.5 Å². The largest absolute Gasteiger partial charge is 0.481 e. The summed E-state index contributed by atoms with van der Waals surface area (Å²) >= 11 is 0. The highest BCUT2D eigenvalue weighted by molar-refractivity contribution is 5.74. The maximum Gasteiger partial charge on any atom is 0.309 e. The van der Waals surface area contributed by atoms with Crippen LogP contribution in [0.1, 0.15) is 32.3 Å². The number of carbonyl (C=O) groups is 1. The first-order valence-electron chi connectivity index (χ1n) is 7.21. The molecule has 0 amide bonds. The standard InChI is InChI=1S/C16H21F2NO2/c1-16(2,15(20)21)12-6-4-8-19(10-12)9-11-5-3-7-13(17)14(11)18/h3,5,7,12H,4,6,8-10H2,1-2H3,(H,20,21). The minimum absolute atomic E-state index is 0.0142. The molecule has 1 N–H and O–H groups in total. The molecule has 1 unspecified atom stereocenters. The lowest BCUT2D eigenvalue weighted by Gasteiger charge is -2.39. The molecule has 21 heavy (non-hydrogen) atoms. The maximum absolute atomic E-state index is 13.7. The van der Waals surface area contributed by atoms with Crippen molar-refractivity contribution in [3.8, 4) is 0 Å². The van der Waals surface area contributed by atoms with Crippen LogP contribution in [0.2, 0.25) is 0 Å². The van der Waals surface area contributed by atoms with E-state index in [1.54, 1.807) is 19.9 Å². The molecule has 0 aliphatic carbocycles. The van der Waals surface area contributed by atoms with Gasteiger partial charge in [-0.25, -0.2) is 8.78 Å². The van der Waals surface area contributed by atoms with Gasteiger partial charge in [0.05, 0.1) is 5.41 Å². The van der Waals surface area contributed by atoms with E-state index in [0.29, 0.717) is 18.7 Å². The maximum atomic E-state index is 13.7. The van der Waals surface area contributed by atoms with E-state index in [2.05, 4.69) is 0 Å². The minimum Gasteiger partial charge on any atom is -0.481 e. The SMILES string of the molecule is CC(C)(C(=O)O)C1CCCN(Cc2cccc(F)c2F)C1. The van der Waals surface area contributed by atoms with Gasteiger partial charge in [-0.1, -0.05) is 12.1 Å². The van der Waals surface area contributed by atoms with Gasteiger partial charge in [0, 0.05) is 18.7 Å². The smallest absolute Gasteiger partial charge is 0.309 e. The normalized spacial score (nSPS) is 20.5. The van der Waals surface area contributed by atoms with Crippen LogP contribution in [-0.2, 0) is 11.3 Å². The van der Waals surface area contributed by atoms with Crippen molar-refractivity contribution >= 4 is 5.97 Å². The minimum atomic E-state index is -0.841. The topological polar surface area (TPSA) is 40.5 Å². The number of rotatable bonds is 4. The molecule has 3 nitrogen and oxygen atoms in total. The molecule has 1 aromatic carbocycles. The third kappa shape index (κ3) is 3.40. The van der Waals surface area contributed by atoms with E-state index in [-0.39, 0.29) is 5.92 Å². The average Bonchev–Trinajstić information content (AvgIpc) is 2.44. The van der Waals surface area contributed by atoms with Crippen LogP contribution in [0.3, 0.4) is 0 Å². The molecule has 116 valence electrons.